The van der Waals surface area contributed by atoms with Crippen molar-refractivity contribution in [3.8, 4) is 5.97 Å². The van der Waals surface area contributed by atoms with E-state index in [4.69, 9.17) is 5.26 Å². The van der Waals surface area contributed by atoms with Crippen molar-refractivity contribution in [3.63, 3.8) is 0 Å². The molecule has 1 radical (unpaired) electrons. The Bertz CT molecular complexity index is 48.1. The van der Waals surface area contributed by atoms with E-state index in [-0.39, 0.29) is 0 Å². The quantitative estimate of drug-likeness (QED) is 0.333. The minimum Gasteiger partial charge on any atom is -0.295 e. The Kier molecular flexibility index (Phi) is 3.76. The average Bonchev–Trinajstić information content (AvgIpc) is 1.41. The lowest BCUT2D eigenvalue weighted by Gasteiger charge is -1.67. The molecule has 0 saturated heterocycles. The molecule has 25 valence electrons. The molecule has 0 aromatic heterocycles. The van der Waals surface area contributed by atoms with Crippen LogP contribution in [-0.2, 0) is 0 Å². The molecular weight excluding hydrogens is 82.9 g/mol. The van der Waals surface area contributed by atoms with E-state index in [0.29, 0.717) is 0 Å². The summed E-state index contributed by atoms with van der Waals surface area (Å²) in [6.07, 6.45) is 0. The van der Waals surface area contributed by atoms with Crippen molar-refractivity contribution < 1.29 is 0 Å². The molecule has 2 nitrogen and oxygen atoms in total. The van der Waals surface area contributed by atoms with Gasteiger partial charge in [0.05, 0.1) is 0 Å². The van der Waals surface area contributed by atoms with Crippen molar-refractivity contribution in [3.05, 3.63) is 0 Å². The van der Waals surface area contributed by atoms with Gasteiger partial charge in [-0.2, -0.15) is 0 Å². The van der Waals surface area contributed by atoms with Gasteiger partial charge in [-0.25, -0.2) is 5.26 Å². The predicted octanol–water partition coefficient (Wildman–Crippen LogP) is -0.479. The molecular formula is CH2BN2S. The maximum Gasteiger partial charge on any atom is 0.358 e. The summed E-state index contributed by atoms with van der Waals surface area (Å²) in [6, 6.07) is 0. The van der Waals surface area contributed by atoms with Crippen LogP contribution in [-0.4, -0.2) is 7.41 Å². The molecule has 0 heterocycles. The van der Waals surface area contributed by atoms with Gasteiger partial charge >= 0.3 is 7.41 Å². The van der Waals surface area contributed by atoms with Gasteiger partial charge in [0.2, 0.25) is 0 Å². The molecule has 0 atom stereocenters. The van der Waals surface area contributed by atoms with Crippen LogP contribution in [0.5, 0.6) is 0 Å². The molecule has 4 heteroatoms. The molecule has 0 unspecified atom stereocenters. The first-order valence-electron chi connectivity index (χ1n) is 1.02. The van der Waals surface area contributed by atoms with Crippen molar-refractivity contribution in [2.24, 2.45) is 0 Å². The molecule has 0 rings (SSSR count). The van der Waals surface area contributed by atoms with E-state index < -0.39 is 0 Å². The first kappa shape index (κ1) is 4.86. The molecule has 1 N–H and O–H groups in total. The molecule has 0 spiro atoms. The van der Waals surface area contributed by atoms with Gasteiger partial charge in [-0.3, -0.25) is 4.63 Å². The summed E-state index contributed by atoms with van der Waals surface area (Å²) in [7, 11) is 1.17. The van der Waals surface area contributed by atoms with Gasteiger partial charge in [-0.15, -0.1) is 12.8 Å². The fraction of sp³-hybridized carbons (Fsp3) is 0. The second-order valence-corrected chi connectivity index (χ2v) is 0.661. The summed E-state index contributed by atoms with van der Waals surface area (Å²) in [6.45, 7) is 0. The van der Waals surface area contributed by atoms with Gasteiger partial charge in [0.15, 0.2) is 0 Å². The number of hydrogen-bond acceptors (Lipinski definition) is 3. The van der Waals surface area contributed by atoms with Crippen LogP contribution in [0.1, 0.15) is 0 Å². The minimum atomic E-state index is 1.17. The molecule has 5 heavy (non-hydrogen) atoms. The lowest BCUT2D eigenvalue weighted by Crippen LogP contribution is -2.01. The maximum absolute atomic E-state index is 7.65. The van der Waals surface area contributed by atoms with Gasteiger partial charge in [-0.1, -0.05) is 0 Å². The monoisotopic (exact) mass is 85.0 g/mol. The van der Waals surface area contributed by atoms with Crippen LogP contribution < -0.4 is 4.63 Å². The summed E-state index contributed by atoms with van der Waals surface area (Å²) >= 11 is 3.47. The zero-order valence-corrected chi connectivity index (χ0v) is 3.37. The van der Waals surface area contributed by atoms with E-state index in [1.54, 1.807) is 5.97 Å². The SMILES string of the molecule is N#C[B]NS. The summed E-state index contributed by atoms with van der Waals surface area (Å²) in [5.74, 6) is 1.70. The van der Waals surface area contributed by atoms with Crippen molar-refractivity contribution in [1.29, 1.82) is 5.26 Å². The van der Waals surface area contributed by atoms with E-state index in [9.17, 15) is 0 Å². The van der Waals surface area contributed by atoms with Crippen LogP contribution in [0.2, 0.25) is 0 Å². The second-order valence-electron chi connectivity index (χ2n) is 0.403. The molecule has 0 aromatic rings. The standard InChI is InChI=1S/CH2BN2S/c3-1-2-4-5/h4-5H. The Morgan fingerprint density at radius 2 is 2.60 bits per heavy atom. The number of nitriles is 1. The van der Waals surface area contributed by atoms with Gasteiger partial charge in [0.25, 0.3) is 0 Å². The highest BCUT2D eigenvalue weighted by atomic mass is 32.1. The van der Waals surface area contributed by atoms with Gasteiger partial charge in [0, 0.05) is 5.97 Å². The molecule has 0 aliphatic heterocycles. The Balaban J connectivity index is 2.48. The molecule has 0 aliphatic rings. The number of hydrogen-bond donors (Lipinski definition) is 2. The average molecular weight is 84.9 g/mol. The maximum atomic E-state index is 7.65. The Morgan fingerprint density at radius 1 is 2.00 bits per heavy atom. The van der Waals surface area contributed by atoms with Crippen molar-refractivity contribution in [2.45, 2.75) is 0 Å². The topological polar surface area (TPSA) is 35.8 Å². The fourth-order valence-corrected chi connectivity index (χ4v) is 0.0866. The van der Waals surface area contributed by atoms with Crippen LogP contribution in [0.3, 0.4) is 0 Å². The van der Waals surface area contributed by atoms with E-state index in [0.717, 1.165) is 0 Å². The van der Waals surface area contributed by atoms with Crippen LogP contribution in [0.4, 0.5) is 0 Å². The zero-order valence-electron chi connectivity index (χ0n) is 2.47. The normalized spacial score (nSPS) is 5.60. The Labute approximate surface area is 37.0 Å². The molecule has 0 fully saturated rings. The molecule has 0 amide bonds. The van der Waals surface area contributed by atoms with Crippen LogP contribution >= 0.6 is 12.8 Å². The third-order valence-corrected chi connectivity index (χ3v) is 0.258. The third-order valence-electron chi connectivity index (χ3n) is 0.129. The van der Waals surface area contributed by atoms with Crippen LogP contribution in [0, 0.1) is 11.2 Å². The summed E-state index contributed by atoms with van der Waals surface area (Å²) in [5.41, 5.74) is 0. The van der Waals surface area contributed by atoms with E-state index in [1.165, 1.54) is 7.41 Å². The highest BCUT2D eigenvalue weighted by Gasteiger charge is 1.71. The highest BCUT2D eigenvalue weighted by molar-refractivity contribution is 7.79. The number of nitrogens with zero attached hydrogens (tertiary/aromatic N) is 1. The van der Waals surface area contributed by atoms with Crippen molar-refractivity contribution in [2.75, 3.05) is 0 Å². The smallest absolute Gasteiger partial charge is 0.295 e. The number of rotatable bonds is 1. The van der Waals surface area contributed by atoms with Crippen LogP contribution in [0.25, 0.3) is 0 Å². The molecule has 0 saturated carbocycles. The lowest BCUT2D eigenvalue weighted by molar-refractivity contribution is 1.55. The summed E-state index contributed by atoms with van der Waals surface area (Å²) in [5, 5.41) is 7.65. The molecule has 0 aliphatic carbocycles. The molecule has 0 aromatic carbocycles. The Hall–Kier alpha value is -0.135. The van der Waals surface area contributed by atoms with E-state index in [1.807, 2.05) is 0 Å². The van der Waals surface area contributed by atoms with Crippen molar-refractivity contribution in [1.82, 2.24) is 4.63 Å². The Morgan fingerprint density at radius 3 is 2.60 bits per heavy atom. The zero-order chi connectivity index (χ0) is 4.12. The highest BCUT2D eigenvalue weighted by Crippen LogP contribution is 1.47. The minimum absolute atomic E-state index is 1.17. The summed E-state index contributed by atoms with van der Waals surface area (Å²) < 4.78 is 2.23. The first-order chi connectivity index (χ1) is 2.41. The largest absolute Gasteiger partial charge is 0.358 e. The number of nitrogens with one attached hydrogen (secondary N) is 1. The number of thiol groups is 1. The third kappa shape index (κ3) is 3.86. The summed E-state index contributed by atoms with van der Waals surface area (Å²) in [4.78, 5) is 0. The van der Waals surface area contributed by atoms with Gasteiger partial charge in [0.1, 0.15) is 0 Å². The lowest BCUT2D eigenvalue weighted by atomic mass is 10.0. The van der Waals surface area contributed by atoms with E-state index in [2.05, 4.69) is 17.4 Å². The predicted molar refractivity (Wildman–Crippen MR) is 23.5 cm³/mol. The van der Waals surface area contributed by atoms with Crippen molar-refractivity contribution >= 4 is 20.2 Å². The van der Waals surface area contributed by atoms with E-state index >= 15 is 0 Å². The fourth-order valence-electron chi connectivity index (χ4n) is 0.0289. The van der Waals surface area contributed by atoms with Gasteiger partial charge in [-0.05, 0) is 0 Å². The second kappa shape index (κ2) is 3.86. The van der Waals surface area contributed by atoms with Crippen LogP contribution in [0.15, 0.2) is 0 Å². The van der Waals surface area contributed by atoms with Gasteiger partial charge < -0.3 is 0 Å². The molecule has 0 bridgehead atoms. The first-order valence-corrected chi connectivity index (χ1v) is 1.47.